The molecule has 0 spiro atoms. The summed E-state index contributed by atoms with van der Waals surface area (Å²) in [6, 6.07) is 3.97. The molecule has 1 aromatic rings. The lowest BCUT2D eigenvalue weighted by molar-refractivity contribution is -0.121. The molecule has 11 heteroatoms. The van der Waals surface area contributed by atoms with Gasteiger partial charge >= 0.3 is 0 Å². The van der Waals surface area contributed by atoms with E-state index in [1.54, 1.807) is 11.3 Å². The Labute approximate surface area is 194 Å². The number of piperazine rings is 1. The average Bonchev–Trinajstić information content (AvgIpc) is 3.31. The van der Waals surface area contributed by atoms with Gasteiger partial charge in [-0.05, 0) is 30.9 Å². The van der Waals surface area contributed by atoms with Crippen LogP contribution < -0.4 is 15.5 Å². The fourth-order valence-electron chi connectivity index (χ4n) is 3.49. The van der Waals surface area contributed by atoms with Crippen molar-refractivity contribution in [2.75, 3.05) is 55.7 Å². The topological polar surface area (TPSA) is 94.1 Å². The SMILES string of the molecule is CCNC(=NCCC(=O)NC1CCS(=O)(=O)C1)N1CCN(c2cccs2)CC1.I. The van der Waals surface area contributed by atoms with E-state index >= 15 is 0 Å². The molecule has 0 aromatic carbocycles. The lowest BCUT2D eigenvalue weighted by Gasteiger charge is -2.37. The molecule has 3 rings (SSSR count). The van der Waals surface area contributed by atoms with E-state index in [0.29, 0.717) is 13.0 Å². The maximum atomic E-state index is 12.1. The van der Waals surface area contributed by atoms with Crippen molar-refractivity contribution in [3.63, 3.8) is 0 Å². The summed E-state index contributed by atoms with van der Waals surface area (Å²) in [7, 11) is -2.98. The van der Waals surface area contributed by atoms with E-state index in [9.17, 15) is 13.2 Å². The van der Waals surface area contributed by atoms with Gasteiger partial charge in [-0.1, -0.05) is 0 Å². The van der Waals surface area contributed by atoms with Gasteiger partial charge in [-0.2, -0.15) is 0 Å². The lowest BCUT2D eigenvalue weighted by atomic mass is 10.2. The summed E-state index contributed by atoms with van der Waals surface area (Å²) in [4.78, 5) is 21.3. The Balaban J connectivity index is 0.00000300. The zero-order valence-electron chi connectivity index (χ0n) is 16.7. The summed E-state index contributed by atoms with van der Waals surface area (Å²) in [5.41, 5.74) is 0. The first-order valence-electron chi connectivity index (χ1n) is 9.78. The van der Waals surface area contributed by atoms with Crippen molar-refractivity contribution in [2.24, 2.45) is 4.99 Å². The first-order chi connectivity index (χ1) is 13.5. The summed E-state index contributed by atoms with van der Waals surface area (Å²) >= 11 is 1.76. The molecule has 2 aliphatic rings. The number of nitrogens with one attached hydrogen (secondary N) is 2. The maximum Gasteiger partial charge on any atom is 0.222 e. The van der Waals surface area contributed by atoms with Crippen LogP contribution in [0.2, 0.25) is 0 Å². The Bertz CT molecular complexity index is 777. The van der Waals surface area contributed by atoms with Gasteiger partial charge in [0.15, 0.2) is 15.8 Å². The second-order valence-corrected chi connectivity index (χ2v) is 10.2. The minimum Gasteiger partial charge on any atom is -0.360 e. The first-order valence-corrected chi connectivity index (χ1v) is 12.5. The molecule has 164 valence electrons. The van der Waals surface area contributed by atoms with Gasteiger partial charge in [0, 0.05) is 45.2 Å². The van der Waals surface area contributed by atoms with E-state index in [1.165, 1.54) is 5.00 Å². The third kappa shape index (κ3) is 7.28. The van der Waals surface area contributed by atoms with Crippen molar-refractivity contribution in [3.05, 3.63) is 17.5 Å². The number of carbonyl (C=O) groups is 1. The fraction of sp³-hybridized carbons (Fsp3) is 0.667. The fourth-order valence-corrected chi connectivity index (χ4v) is 5.95. The van der Waals surface area contributed by atoms with Gasteiger partial charge in [0.1, 0.15) is 0 Å². The molecule has 8 nitrogen and oxygen atoms in total. The van der Waals surface area contributed by atoms with E-state index < -0.39 is 9.84 Å². The summed E-state index contributed by atoms with van der Waals surface area (Å²) in [5, 5.41) is 9.52. The van der Waals surface area contributed by atoms with Crippen molar-refractivity contribution in [1.29, 1.82) is 0 Å². The van der Waals surface area contributed by atoms with Crippen LogP contribution in [0.1, 0.15) is 19.8 Å². The molecule has 0 saturated carbocycles. The minimum absolute atomic E-state index is 0. The summed E-state index contributed by atoms with van der Waals surface area (Å²) in [6.45, 7) is 6.86. The highest BCUT2D eigenvalue weighted by molar-refractivity contribution is 14.0. The molecule has 2 fully saturated rings. The molecule has 3 heterocycles. The monoisotopic (exact) mass is 555 g/mol. The predicted molar refractivity (Wildman–Crippen MR) is 129 cm³/mol. The number of anilines is 1. The molecular weight excluding hydrogens is 525 g/mol. The predicted octanol–water partition coefficient (Wildman–Crippen LogP) is 1.15. The number of hydrogen-bond acceptors (Lipinski definition) is 6. The third-order valence-electron chi connectivity index (χ3n) is 4.93. The Morgan fingerprint density at radius 3 is 2.66 bits per heavy atom. The minimum atomic E-state index is -2.98. The maximum absolute atomic E-state index is 12.1. The van der Waals surface area contributed by atoms with Crippen LogP contribution in [0.4, 0.5) is 5.00 Å². The molecule has 2 aliphatic heterocycles. The zero-order chi connectivity index (χ0) is 20.0. The highest BCUT2D eigenvalue weighted by atomic mass is 127. The number of carbonyl (C=O) groups excluding carboxylic acids is 1. The molecule has 0 aliphatic carbocycles. The number of guanidine groups is 1. The number of sulfone groups is 1. The van der Waals surface area contributed by atoms with Crippen LogP contribution in [0.3, 0.4) is 0 Å². The second kappa shape index (κ2) is 11.3. The van der Waals surface area contributed by atoms with E-state index in [0.717, 1.165) is 38.7 Å². The van der Waals surface area contributed by atoms with Crippen LogP contribution in [0, 0.1) is 0 Å². The molecule has 1 unspecified atom stereocenters. The standard InChI is InChI=1S/C18H29N5O3S2.HI/c1-2-19-18(23-10-8-22(9-11-23)17-4-3-12-27-17)20-7-5-16(24)21-15-6-13-28(25,26)14-15;/h3-4,12,15H,2,5-11,13-14H2,1H3,(H,19,20)(H,21,24);1H. The number of hydrogen-bond donors (Lipinski definition) is 2. The quantitative estimate of drug-likeness (QED) is 0.311. The van der Waals surface area contributed by atoms with Crippen LogP contribution in [-0.2, 0) is 14.6 Å². The second-order valence-electron chi connectivity index (χ2n) is 7.08. The summed E-state index contributed by atoms with van der Waals surface area (Å²) in [5.74, 6) is 0.922. The highest BCUT2D eigenvalue weighted by Gasteiger charge is 2.28. The van der Waals surface area contributed by atoms with Gasteiger partial charge in [0.25, 0.3) is 0 Å². The van der Waals surface area contributed by atoms with Gasteiger partial charge in [-0.15, -0.1) is 35.3 Å². The van der Waals surface area contributed by atoms with Crippen molar-refractivity contribution in [2.45, 2.75) is 25.8 Å². The van der Waals surface area contributed by atoms with Crippen LogP contribution in [0.15, 0.2) is 22.5 Å². The van der Waals surface area contributed by atoms with Crippen LogP contribution in [0.25, 0.3) is 0 Å². The van der Waals surface area contributed by atoms with Crippen molar-refractivity contribution < 1.29 is 13.2 Å². The van der Waals surface area contributed by atoms with Gasteiger partial charge in [0.05, 0.1) is 23.1 Å². The molecule has 1 amide bonds. The number of nitrogens with zero attached hydrogens (tertiary/aromatic N) is 3. The average molecular weight is 556 g/mol. The summed E-state index contributed by atoms with van der Waals surface area (Å²) < 4.78 is 23.0. The van der Waals surface area contributed by atoms with Crippen molar-refractivity contribution in [3.8, 4) is 0 Å². The van der Waals surface area contributed by atoms with E-state index in [4.69, 9.17) is 0 Å². The Morgan fingerprint density at radius 2 is 2.07 bits per heavy atom. The van der Waals surface area contributed by atoms with Crippen LogP contribution >= 0.6 is 35.3 Å². The molecule has 1 aromatic heterocycles. The first kappa shape index (κ1) is 24.2. The van der Waals surface area contributed by atoms with E-state index in [1.807, 2.05) is 6.92 Å². The lowest BCUT2D eigenvalue weighted by Crippen LogP contribution is -2.52. The Hall–Kier alpha value is -1.08. The van der Waals surface area contributed by atoms with Crippen LogP contribution in [-0.4, -0.2) is 82.0 Å². The highest BCUT2D eigenvalue weighted by Crippen LogP contribution is 2.22. The largest absolute Gasteiger partial charge is 0.360 e. The Kier molecular flexibility index (Phi) is 9.47. The van der Waals surface area contributed by atoms with E-state index in [2.05, 4.69) is 42.9 Å². The third-order valence-corrected chi connectivity index (χ3v) is 7.63. The van der Waals surface area contributed by atoms with Gasteiger partial charge in [-0.25, -0.2) is 8.42 Å². The molecule has 1 atom stereocenters. The van der Waals surface area contributed by atoms with Gasteiger partial charge in [-0.3, -0.25) is 9.79 Å². The number of halogens is 1. The van der Waals surface area contributed by atoms with Crippen LogP contribution in [0.5, 0.6) is 0 Å². The Morgan fingerprint density at radius 1 is 1.31 bits per heavy atom. The van der Waals surface area contributed by atoms with Crippen molar-refractivity contribution >= 4 is 62.0 Å². The molecule has 0 bridgehead atoms. The molecule has 2 saturated heterocycles. The van der Waals surface area contributed by atoms with Gasteiger partial charge in [0.2, 0.25) is 5.91 Å². The zero-order valence-corrected chi connectivity index (χ0v) is 20.6. The number of aliphatic imine (C=N–C) groups is 1. The molecular formula is C18H30IN5O3S2. The number of thiophene rings is 1. The number of rotatable bonds is 6. The molecule has 2 N–H and O–H groups in total. The van der Waals surface area contributed by atoms with Crippen molar-refractivity contribution in [1.82, 2.24) is 15.5 Å². The molecule has 0 radical (unpaired) electrons. The smallest absolute Gasteiger partial charge is 0.222 e. The summed E-state index contributed by atoms with van der Waals surface area (Å²) in [6.07, 6.45) is 0.773. The number of amides is 1. The van der Waals surface area contributed by atoms with E-state index in [-0.39, 0.29) is 53.9 Å². The normalized spacial score (nSPS) is 21.6. The van der Waals surface area contributed by atoms with Gasteiger partial charge < -0.3 is 20.4 Å². The molecule has 29 heavy (non-hydrogen) atoms.